The number of ether oxygens (including phenoxy) is 1. The molecule has 0 radical (unpaired) electrons. The Labute approximate surface area is 149 Å². The maximum atomic E-state index is 12.8. The summed E-state index contributed by atoms with van der Waals surface area (Å²) in [5.74, 6) is 1.30. The first-order chi connectivity index (χ1) is 12.1. The summed E-state index contributed by atoms with van der Waals surface area (Å²) in [5.41, 5.74) is 0.644. The van der Waals surface area contributed by atoms with E-state index in [1.807, 2.05) is 12.1 Å². The van der Waals surface area contributed by atoms with E-state index in [-0.39, 0.29) is 17.9 Å². The minimum Gasteiger partial charge on any atom is -0.494 e. The smallest absolute Gasteiger partial charge is 0.251 e. The van der Waals surface area contributed by atoms with Crippen molar-refractivity contribution in [3.8, 4) is 5.75 Å². The van der Waals surface area contributed by atoms with E-state index in [9.17, 15) is 9.59 Å². The monoisotopic (exact) mass is 344 g/mol. The van der Waals surface area contributed by atoms with Crippen molar-refractivity contribution in [1.82, 2.24) is 4.90 Å². The predicted octanol–water partition coefficient (Wildman–Crippen LogP) is 3.23. The number of carbonyl (C=O) groups is 2. The fraction of sp³-hybridized carbons (Fsp3) is 0.600. The Balaban J connectivity index is 1.66. The second-order valence-electron chi connectivity index (χ2n) is 7.20. The first kappa shape index (κ1) is 17.9. The number of anilines is 1. The molecule has 0 aromatic heterocycles. The summed E-state index contributed by atoms with van der Waals surface area (Å²) in [4.78, 5) is 28.8. The van der Waals surface area contributed by atoms with Crippen molar-refractivity contribution in [2.24, 2.45) is 5.92 Å². The molecule has 0 saturated carbocycles. The van der Waals surface area contributed by atoms with Gasteiger partial charge in [-0.15, -0.1) is 0 Å². The average molecular weight is 344 g/mol. The molecule has 2 heterocycles. The van der Waals surface area contributed by atoms with Crippen LogP contribution in [0.2, 0.25) is 0 Å². The van der Waals surface area contributed by atoms with Gasteiger partial charge in [0.05, 0.1) is 24.8 Å². The summed E-state index contributed by atoms with van der Waals surface area (Å²) < 4.78 is 5.65. The Bertz CT molecular complexity index is 606. The number of unbranched alkanes of at least 4 members (excludes halogenated alkanes) is 1. The number of hydrogen-bond donors (Lipinski definition) is 0. The molecule has 0 aliphatic carbocycles. The Morgan fingerprint density at radius 2 is 1.80 bits per heavy atom. The van der Waals surface area contributed by atoms with Gasteiger partial charge in [0.15, 0.2) is 0 Å². The van der Waals surface area contributed by atoms with Crippen LogP contribution >= 0.6 is 0 Å². The maximum absolute atomic E-state index is 12.8. The number of hydrogen-bond acceptors (Lipinski definition) is 4. The summed E-state index contributed by atoms with van der Waals surface area (Å²) in [6.07, 6.45) is 4.60. The van der Waals surface area contributed by atoms with Crippen LogP contribution in [0.1, 0.15) is 46.0 Å². The van der Waals surface area contributed by atoms with E-state index >= 15 is 0 Å². The Morgan fingerprint density at radius 1 is 1.12 bits per heavy atom. The number of benzene rings is 1. The lowest BCUT2D eigenvalue weighted by Crippen LogP contribution is -2.45. The molecule has 5 nitrogen and oxygen atoms in total. The highest BCUT2D eigenvalue weighted by atomic mass is 16.5. The zero-order valence-corrected chi connectivity index (χ0v) is 15.2. The number of amides is 2. The van der Waals surface area contributed by atoms with Crippen LogP contribution in [-0.2, 0) is 9.59 Å². The highest BCUT2D eigenvalue weighted by Gasteiger charge is 2.43. The normalized spacial score (nSPS) is 22.6. The van der Waals surface area contributed by atoms with Gasteiger partial charge in [-0.1, -0.05) is 20.3 Å². The third-order valence-corrected chi connectivity index (χ3v) is 5.24. The molecule has 2 fully saturated rings. The average Bonchev–Trinajstić information content (AvgIpc) is 2.91. The fourth-order valence-corrected chi connectivity index (χ4v) is 3.54. The van der Waals surface area contributed by atoms with Gasteiger partial charge in [0.1, 0.15) is 5.75 Å². The summed E-state index contributed by atoms with van der Waals surface area (Å²) in [7, 11) is 0. The Morgan fingerprint density at radius 3 is 2.44 bits per heavy atom. The third kappa shape index (κ3) is 4.03. The molecule has 0 bridgehead atoms. The molecule has 136 valence electrons. The van der Waals surface area contributed by atoms with Crippen LogP contribution in [0, 0.1) is 5.92 Å². The van der Waals surface area contributed by atoms with Crippen molar-refractivity contribution in [3.05, 3.63) is 24.3 Å². The fourth-order valence-electron chi connectivity index (χ4n) is 3.54. The number of nitrogens with zero attached hydrogens (tertiary/aromatic N) is 2. The molecule has 1 aromatic rings. The van der Waals surface area contributed by atoms with Crippen LogP contribution in [0.15, 0.2) is 24.3 Å². The van der Waals surface area contributed by atoms with Crippen molar-refractivity contribution < 1.29 is 14.3 Å². The van der Waals surface area contributed by atoms with E-state index in [0.717, 1.165) is 44.5 Å². The number of rotatable bonds is 6. The van der Waals surface area contributed by atoms with Crippen LogP contribution in [0.5, 0.6) is 5.75 Å². The Kier molecular flexibility index (Phi) is 5.74. The van der Waals surface area contributed by atoms with Crippen molar-refractivity contribution in [2.45, 2.75) is 52.0 Å². The molecule has 0 N–H and O–H groups in total. The quantitative estimate of drug-likeness (QED) is 0.587. The zero-order valence-electron chi connectivity index (χ0n) is 15.2. The van der Waals surface area contributed by atoms with Crippen LogP contribution in [0.4, 0.5) is 5.69 Å². The molecule has 2 aliphatic rings. The van der Waals surface area contributed by atoms with Gasteiger partial charge >= 0.3 is 0 Å². The summed E-state index contributed by atoms with van der Waals surface area (Å²) in [6, 6.07) is 6.98. The standard InChI is InChI=1S/C20H28N2O3/c1-3-4-13-25-17-7-5-16(6-8-17)22-19(23)14-18(20(22)24)21-11-9-15(2)10-12-21/h5-8,15,18H,3-4,9-14H2,1-2H3. The SMILES string of the molecule is CCCCOc1ccc(N2C(=O)CC(N3CCC(C)CC3)C2=O)cc1. The molecule has 5 heteroatoms. The number of carbonyl (C=O) groups excluding carboxylic acids is 2. The number of piperidine rings is 1. The molecule has 25 heavy (non-hydrogen) atoms. The molecule has 3 rings (SSSR count). The topological polar surface area (TPSA) is 49.9 Å². The van der Waals surface area contributed by atoms with Crippen LogP contribution in [0.3, 0.4) is 0 Å². The van der Waals surface area contributed by atoms with Gasteiger partial charge in [-0.3, -0.25) is 14.5 Å². The largest absolute Gasteiger partial charge is 0.494 e. The minimum atomic E-state index is -0.291. The highest BCUT2D eigenvalue weighted by Crippen LogP contribution is 2.29. The van der Waals surface area contributed by atoms with Crippen molar-refractivity contribution in [1.29, 1.82) is 0 Å². The van der Waals surface area contributed by atoms with Gasteiger partial charge in [0.2, 0.25) is 5.91 Å². The lowest BCUT2D eigenvalue weighted by Gasteiger charge is -2.33. The number of imide groups is 1. The Hall–Kier alpha value is -1.88. The highest BCUT2D eigenvalue weighted by molar-refractivity contribution is 6.22. The molecule has 2 aliphatic heterocycles. The lowest BCUT2D eigenvalue weighted by atomic mass is 9.97. The molecular formula is C20H28N2O3. The predicted molar refractivity (Wildman–Crippen MR) is 97.7 cm³/mol. The molecule has 1 atom stereocenters. The summed E-state index contributed by atoms with van der Waals surface area (Å²) in [5, 5.41) is 0. The van der Waals surface area contributed by atoms with E-state index in [4.69, 9.17) is 4.74 Å². The molecule has 2 saturated heterocycles. The zero-order chi connectivity index (χ0) is 17.8. The van der Waals surface area contributed by atoms with Crippen molar-refractivity contribution >= 4 is 17.5 Å². The van der Waals surface area contributed by atoms with Crippen LogP contribution < -0.4 is 9.64 Å². The lowest BCUT2D eigenvalue weighted by molar-refractivity contribution is -0.123. The molecule has 2 amide bonds. The summed E-state index contributed by atoms with van der Waals surface area (Å²) >= 11 is 0. The van der Waals surface area contributed by atoms with Gasteiger partial charge in [-0.05, 0) is 62.5 Å². The van der Waals surface area contributed by atoms with Crippen LogP contribution in [-0.4, -0.2) is 42.5 Å². The summed E-state index contributed by atoms with van der Waals surface area (Å²) in [6.45, 7) is 6.87. The van der Waals surface area contributed by atoms with Gasteiger partial charge in [0, 0.05) is 0 Å². The second kappa shape index (κ2) is 8.00. The minimum absolute atomic E-state index is 0.0841. The third-order valence-electron chi connectivity index (χ3n) is 5.24. The number of likely N-dealkylation sites (tertiary alicyclic amines) is 1. The van der Waals surface area contributed by atoms with Crippen LogP contribution in [0.25, 0.3) is 0 Å². The molecular weight excluding hydrogens is 316 g/mol. The maximum Gasteiger partial charge on any atom is 0.251 e. The van der Waals surface area contributed by atoms with E-state index in [2.05, 4.69) is 18.7 Å². The first-order valence-corrected chi connectivity index (χ1v) is 9.44. The van der Waals surface area contributed by atoms with E-state index in [0.29, 0.717) is 24.6 Å². The van der Waals surface area contributed by atoms with E-state index in [1.54, 1.807) is 12.1 Å². The molecule has 0 spiro atoms. The molecule has 1 aromatic carbocycles. The first-order valence-electron chi connectivity index (χ1n) is 9.44. The van der Waals surface area contributed by atoms with E-state index < -0.39 is 0 Å². The van der Waals surface area contributed by atoms with E-state index in [1.165, 1.54) is 4.90 Å². The van der Waals surface area contributed by atoms with Gasteiger partial charge in [-0.25, -0.2) is 4.90 Å². The van der Waals surface area contributed by atoms with Crippen molar-refractivity contribution in [3.63, 3.8) is 0 Å². The second-order valence-corrected chi connectivity index (χ2v) is 7.20. The van der Waals surface area contributed by atoms with Crippen molar-refractivity contribution in [2.75, 3.05) is 24.6 Å². The molecule has 1 unspecified atom stereocenters. The van der Waals surface area contributed by atoms with Gasteiger partial charge < -0.3 is 4.74 Å². The van der Waals surface area contributed by atoms with Gasteiger partial charge in [0.25, 0.3) is 5.91 Å². The van der Waals surface area contributed by atoms with Gasteiger partial charge in [-0.2, -0.15) is 0 Å².